The molecule has 0 aliphatic rings. The SMILES string of the molecule is Fc1cccc(-c2c(CCNc3ncnc4nc[nH]c34)cc(Cl)c3ccnnc23)c1. The molecule has 0 spiro atoms. The fourth-order valence-corrected chi connectivity index (χ4v) is 3.83. The number of imidazole rings is 1. The molecule has 0 saturated carbocycles. The van der Waals surface area contributed by atoms with E-state index in [1.54, 1.807) is 18.6 Å². The molecule has 3 heterocycles. The first-order chi connectivity index (χ1) is 14.7. The lowest BCUT2D eigenvalue weighted by Gasteiger charge is -2.14. The molecule has 0 aliphatic heterocycles. The molecule has 0 atom stereocenters. The van der Waals surface area contributed by atoms with Gasteiger partial charge in [0.25, 0.3) is 0 Å². The first kappa shape index (κ1) is 18.4. The quantitative estimate of drug-likeness (QED) is 0.438. The molecule has 148 valence electrons. The number of rotatable bonds is 5. The summed E-state index contributed by atoms with van der Waals surface area (Å²) in [6.07, 6.45) is 5.24. The standard InChI is InChI=1S/C21H15ClFN7/c22-16-9-13(4-6-24-20-19-21(26-10-25-19)28-11-27-20)17(12-2-1-3-14(23)8-12)18-15(16)5-7-29-30-18/h1-3,5,7-11H,4,6H2,(H2,24,25,26,27,28). The molecule has 0 unspecified atom stereocenters. The molecule has 0 bridgehead atoms. The molecule has 5 rings (SSSR count). The monoisotopic (exact) mass is 419 g/mol. The number of anilines is 1. The molecule has 0 aliphatic carbocycles. The Kier molecular flexibility index (Phi) is 4.68. The number of H-pyrrole nitrogens is 1. The van der Waals surface area contributed by atoms with Gasteiger partial charge >= 0.3 is 0 Å². The van der Waals surface area contributed by atoms with Gasteiger partial charge in [0.1, 0.15) is 23.2 Å². The van der Waals surface area contributed by atoms with Crippen molar-refractivity contribution in [2.24, 2.45) is 0 Å². The van der Waals surface area contributed by atoms with E-state index in [1.165, 1.54) is 18.5 Å². The largest absolute Gasteiger partial charge is 0.368 e. The third-order valence-corrected chi connectivity index (χ3v) is 5.17. The molecule has 2 aromatic carbocycles. The summed E-state index contributed by atoms with van der Waals surface area (Å²) in [5.74, 6) is 0.350. The van der Waals surface area contributed by atoms with E-state index in [9.17, 15) is 4.39 Å². The number of nitrogens with zero attached hydrogens (tertiary/aromatic N) is 5. The number of benzene rings is 2. The van der Waals surface area contributed by atoms with E-state index in [1.807, 2.05) is 18.2 Å². The molecule has 5 aromatic rings. The van der Waals surface area contributed by atoms with Gasteiger partial charge in [0.05, 0.1) is 17.5 Å². The van der Waals surface area contributed by atoms with Gasteiger partial charge in [-0.2, -0.15) is 5.10 Å². The maximum atomic E-state index is 14.0. The van der Waals surface area contributed by atoms with Crippen molar-refractivity contribution in [1.29, 1.82) is 0 Å². The summed E-state index contributed by atoms with van der Waals surface area (Å²) in [7, 11) is 0. The average molecular weight is 420 g/mol. The first-order valence-corrected chi connectivity index (χ1v) is 9.65. The Balaban J connectivity index is 1.53. The summed E-state index contributed by atoms with van der Waals surface area (Å²) in [4.78, 5) is 15.6. The molecule has 3 aromatic heterocycles. The second kappa shape index (κ2) is 7.64. The molecule has 30 heavy (non-hydrogen) atoms. The van der Waals surface area contributed by atoms with Crippen molar-refractivity contribution >= 4 is 39.5 Å². The fourth-order valence-electron chi connectivity index (χ4n) is 3.54. The Hall–Kier alpha value is -3.65. The third kappa shape index (κ3) is 3.31. The highest BCUT2D eigenvalue weighted by atomic mass is 35.5. The highest BCUT2D eigenvalue weighted by molar-refractivity contribution is 6.36. The van der Waals surface area contributed by atoms with Crippen molar-refractivity contribution in [2.45, 2.75) is 6.42 Å². The summed E-state index contributed by atoms with van der Waals surface area (Å²) in [5.41, 5.74) is 4.45. The maximum absolute atomic E-state index is 14.0. The van der Waals surface area contributed by atoms with Crippen LogP contribution in [0.15, 0.2) is 55.2 Å². The third-order valence-electron chi connectivity index (χ3n) is 4.86. The van der Waals surface area contributed by atoms with Crippen molar-refractivity contribution in [3.05, 3.63) is 71.7 Å². The molecule has 0 saturated heterocycles. The maximum Gasteiger partial charge on any atom is 0.182 e. The van der Waals surface area contributed by atoms with E-state index in [-0.39, 0.29) is 5.82 Å². The van der Waals surface area contributed by atoms with Crippen LogP contribution in [-0.2, 0) is 6.42 Å². The van der Waals surface area contributed by atoms with E-state index in [4.69, 9.17) is 11.6 Å². The van der Waals surface area contributed by atoms with Crippen LogP contribution in [0.2, 0.25) is 5.02 Å². The van der Waals surface area contributed by atoms with Crippen LogP contribution in [0.25, 0.3) is 33.2 Å². The van der Waals surface area contributed by atoms with Gasteiger partial charge in [-0.15, -0.1) is 5.10 Å². The van der Waals surface area contributed by atoms with Crippen LogP contribution in [0.1, 0.15) is 5.56 Å². The number of aromatic amines is 1. The van der Waals surface area contributed by atoms with Crippen molar-refractivity contribution in [2.75, 3.05) is 11.9 Å². The van der Waals surface area contributed by atoms with E-state index in [0.717, 1.165) is 27.6 Å². The number of nitrogens with one attached hydrogen (secondary N) is 2. The molecule has 0 amide bonds. The lowest BCUT2D eigenvalue weighted by Crippen LogP contribution is -2.08. The summed E-state index contributed by atoms with van der Waals surface area (Å²) < 4.78 is 14.0. The molecule has 2 N–H and O–H groups in total. The zero-order valence-corrected chi connectivity index (χ0v) is 16.4. The topological polar surface area (TPSA) is 92.3 Å². The van der Waals surface area contributed by atoms with Gasteiger partial charge in [0.15, 0.2) is 11.5 Å². The normalized spacial score (nSPS) is 11.3. The van der Waals surface area contributed by atoms with Crippen LogP contribution < -0.4 is 5.32 Å². The minimum absolute atomic E-state index is 0.314. The second-order valence-corrected chi connectivity index (χ2v) is 7.10. The Morgan fingerprint density at radius 3 is 2.93 bits per heavy atom. The Bertz CT molecular complexity index is 1370. The zero-order chi connectivity index (χ0) is 20.5. The number of aromatic nitrogens is 6. The Labute approximate surface area is 175 Å². The summed E-state index contributed by atoms with van der Waals surface area (Å²) >= 11 is 6.52. The molecule has 7 nitrogen and oxygen atoms in total. The van der Waals surface area contributed by atoms with Crippen molar-refractivity contribution in [3.8, 4) is 11.1 Å². The van der Waals surface area contributed by atoms with Gasteiger partial charge in [0, 0.05) is 17.5 Å². The molecule has 9 heteroatoms. The molecular formula is C21H15ClFN7. The van der Waals surface area contributed by atoms with Crippen LogP contribution in [0.5, 0.6) is 0 Å². The number of hydrogen-bond acceptors (Lipinski definition) is 6. The lowest BCUT2D eigenvalue weighted by atomic mass is 9.94. The molecular weight excluding hydrogens is 405 g/mol. The van der Waals surface area contributed by atoms with E-state index >= 15 is 0 Å². The van der Waals surface area contributed by atoms with Crippen LogP contribution in [0.4, 0.5) is 10.2 Å². The zero-order valence-electron chi connectivity index (χ0n) is 15.6. The minimum Gasteiger partial charge on any atom is -0.368 e. The highest BCUT2D eigenvalue weighted by Gasteiger charge is 2.15. The van der Waals surface area contributed by atoms with Crippen molar-refractivity contribution in [1.82, 2.24) is 30.1 Å². The lowest BCUT2D eigenvalue weighted by molar-refractivity contribution is 0.628. The van der Waals surface area contributed by atoms with Crippen LogP contribution in [-0.4, -0.2) is 36.7 Å². The molecule has 0 fully saturated rings. The van der Waals surface area contributed by atoms with Crippen molar-refractivity contribution in [3.63, 3.8) is 0 Å². The van der Waals surface area contributed by atoms with E-state index in [0.29, 0.717) is 35.0 Å². The van der Waals surface area contributed by atoms with Gasteiger partial charge in [-0.3, -0.25) is 0 Å². The predicted molar refractivity (Wildman–Crippen MR) is 114 cm³/mol. The first-order valence-electron chi connectivity index (χ1n) is 9.27. The van der Waals surface area contributed by atoms with Gasteiger partial charge < -0.3 is 10.3 Å². The van der Waals surface area contributed by atoms with Gasteiger partial charge in [-0.25, -0.2) is 19.3 Å². The van der Waals surface area contributed by atoms with E-state index < -0.39 is 0 Å². The summed E-state index contributed by atoms with van der Waals surface area (Å²) in [5, 5.41) is 13.0. The van der Waals surface area contributed by atoms with Crippen LogP contribution >= 0.6 is 11.6 Å². The van der Waals surface area contributed by atoms with Gasteiger partial charge in [-0.1, -0.05) is 23.7 Å². The second-order valence-electron chi connectivity index (χ2n) is 6.70. The Morgan fingerprint density at radius 1 is 1.10 bits per heavy atom. The van der Waals surface area contributed by atoms with Gasteiger partial charge in [-0.05, 0) is 41.8 Å². The van der Waals surface area contributed by atoms with E-state index in [2.05, 4.69) is 35.5 Å². The fraction of sp³-hybridized carbons (Fsp3) is 0.0952. The number of halogens is 2. The summed E-state index contributed by atoms with van der Waals surface area (Å²) in [6, 6.07) is 10.2. The number of hydrogen-bond donors (Lipinski definition) is 2. The van der Waals surface area contributed by atoms with Gasteiger partial charge in [0.2, 0.25) is 0 Å². The van der Waals surface area contributed by atoms with Crippen LogP contribution in [0, 0.1) is 5.82 Å². The Morgan fingerprint density at radius 2 is 2.03 bits per heavy atom. The smallest absolute Gasteiger partial charge is 0.182 e. The van der Waals surface area contributed by atoms with Crippen molar-refractivity contribution < 1.29 is 4.39 Å². The summed E-state index contributed by atoms with van der Waals surface area (Å²) in [6.45, 7) is 0.565. The predicted octanol–water partition coefficient (Wildman–Crippen LogP) is 4.41. The van der Waals surface area contributed by atoms with Crippen LogP contribution in [0.3, 0.4) is 0 Å². The number of fused-ring (bicyclic) bond motifs is 2. The minimum atomic E-state index is -0.314. The average Bonchev–Trinajstić information content (AvgIpc) is 3.24. The highest BCUT2D eigenvalue weighted by Crippen LogP contribution is 2.35. The molecule has 0 radical (unpaired) electrons.